The maximum Gasteiger partial charge on any atom is 0.343 e. The molecule has 7 heteroatoms. The van der Waals surface area contributed by atoms with Crippen LogP contribution in [-0.2, 0) is 6.54 Å². The van der Waals surface area contributed by atoms with Crippen LogP contribution in [0.15, 0.2) is 18.2 Å². The molecule has 0 fully saturated rings. The normalized spacial score (nSPS) is 12.1. The van der Waals surface area contributed by atoms with Gasteiger partial charge in [-0.05, 0) is 12.0 Å². The molecule has 0 amide bonds. The zero-order chi connectivity index (χ0) is 14.4. The Morgan fingerprint density at radius 3 is 2.68 bits per heavy atom. The maximum absolute atomic E-state index is 11.1. The number of aromatic carboxylic acids is 1. The lowest BCUT2D eigenvalue weighted by Gasteiger charge is -2.14. The molecule has 0 saturated heterocycles. The second-order valence-electron chi connectivity index (χ2n) is 4.04. The van der Waals surface area contributed by atoms with Crippen LogP contribution in [0, 0.1) is 10.1 Å². The molecule has 1 unspecified atom stereocenters. The summed E-state index contributed by atoms with van der Waals surface area (Å²) >= 11 is 0. The Balaban J connectivity index is 3.03. The summed E-state index contributed by atoms with van der Waals surface area (Å²) in [5.41, 5.74) is -0.412. The van der Waals surface area contributed by atoms with Gasteiger partial charge >= 0.3 is 5.97 Å². The second-order valence-corrected chi connectivity index (χ2v) is 4.04. The number of carboxylic acids is 1. The number of carboxylic acid groups (broad SMARTS) is 1. The number of nitrogens with one attached hydrogen (secondary N) is 1. The van der Waals surface area contributed by atoms with Crippen molar-refractivity contribution in [2.45, 2.75) is 25.9 Å². The number of aliphatic hydroxyl groups excluding tert-OH is 1. The average molecular weight is 268 g/mol. The number of nitro groups is 1. The predicted octanol–water partition coefficient (Wildman–Crippen LogP) is 1.15. The molecule has 19 heavy (non-hydrogen) atoms. The van der Waals surface area contributed by atoms with Crippen molar-refractivity contribution in [3.63, 3.8) is 0 Å². The molecule has 0 aromatic heterocycles. The zero-order valence-electron chi connectivity index (χ0n) is 10.5. The van der Waals surface area contributed by atoms with E-state index >= 15 is 0 Å². The highest BCUT2D eigenvalue weighted by Crippen LogP contribution is 2.22. The van der Waals surface area contributed by atoms with E-state index in [1.165, 1.54) is 12.1 Å². The molecule has 7 nitrogen and oxygen atoms in total. The Labute approximate surface area is 110 Å². The van der Waals surface area contributed by atoms with E-state index in [2.05, 4.69) is 5.32 Å². The van der Waals surface area contributed by atoms with Crippen LogP contribution in [0.3, 0.4) is 0 Å². The summed E-state index contributed by atoms with van der Waals surface area (Å²) < 4.78 is 0. The minimum atomic E-state index is -1.33. The lowest BCUT2D eigenvalue weighted by molar-refractivity contribution is -0.385. The van der Waals surface area contributed by atoms with Crippen molar-refractivity contribution < 1.29 is 19.9 Å². The fraction of sp³-hybridized carbons (Fsp3) is 0.417. The molecule has 0 saturated carbocycles. The van der Waals surface area contributed by atoms with Crippen LogP contribution in [0.1, 0.15) is 29.3 Å². The molecular weight excluding hydrogens is 252 g/mol. The number of rotatable bonds is 7. The van der Waals surface area contributed by atoms with Crippen molar-refractivity contribution in [3.8, 4) is 0 Å². The Morgan fingerprint density at radius 2 is 2.21 bits per heavy atom. The second kappa shape index (κ2) is 6.81. The molecule has 3 N–H and O–H groups in total. The monoisotopic (exact) mass is 268 g/mol. The van der Waals surface area contributed by atoms with Crippen molar-refractivity contribution in [3.05, 3.63) is 39.4 Å². The first-order valence-electron chi connectivity index (χ1n) is 5.85. The van der Waals surface area contributed by atoms with Gasteiger partial charge in [-0.25, -0.2) is 4.79 Å². The molecule has 1 aromatic carbocycles. The van der Waals surface area contributed by atoms with Gasteiger partial charge < -0.3 is 15.5 Å². The first-order valence-corrected chi connectivity index (χ1v) is 5.85. The maximum atomic E-state index is 11.1. The zero-order valence-corrected chi connectivity index (χ0v) is 10.5. The number of nitrogens with zero attached hydrogens (tertiary/aromatic N) is 1. The van der Waals surface area contributed by atoms with Crippen LogP contribution < -0.4 is 5.32 Å². The number of benzene rings is 1. The van der Waals surface area contributed by atoms with Crippen molar-refractivity contribution in [2.24, 2.45) is 0 Å². The summed E-state index contributed by atoms with van der Waals surface area (Å²) in [6.45, 7) is 1.95. The quantitative estimate of drug-likeness (QED) is 0.505. The van der Waals surface area contributed by atoms with Gasteiger partial charge in [0, 0.05) is 18.7 Å². The van der Waals surface area contributed by atoms with Gasteiger partial charge in [-0.3, -0.25) is 10.1 Å². The summed E-state index contributed by atoms with van der Waals surface area (Å²) in [6.07, 6.45) is 0.674. The van der Waals surface area contributed by atoms with Gasteiger partial charge in [-0.1, -0.05) is 19.1 Å². The number of aliphatic hydroxyl groups is 1. The summed E-state index contributed by atoms with van der Waals surface area (Å²) in [7, 11) is 0. The Kier molecular flexibility index (Phi) is 5.40. The number of hydrogen-bond acceptors (Lipinski definition) is 5. The SMILES string of the molecule is CCC(CO)NCc1cccc([N+](=O)[O-])c1C(=O)O. The van der Waals surface area contributed by atoms with E-state index in [9.17, 15) is 14.9 Å². The van der Waals surface area contributed by atoms with Crippen LogP contribution in [0.2, 0.25) is 0 Å². The molecule has 0 aliphatic carbocycles. The summed E-state index contributed by atoms with van der Waals surface area (Å²) in [5, 5.41) is 31.9. The highest BCUT2D eigenvalue weighted by molar-refractivity contribution is 5.94. The first-order chi connectivity index (χ1) is 9.01. The van der Waals surface area contributed by atoms with Crippen molar-refractivity contribution >= 4 is 11.7 Å². The number of nitro benzene ring substituents is 1. The molecule has 104 valence electrons. The van der Waals surface area contributed by atoms with Gasteiger partial charge in [0.05, 0.1) is 11.5 Å². The minimum absolute atomic E-state index is 0.0756. The van der Waals surface area contributed by atoms with E-state index in [1.54, 1.807) is 0 Å². The van der Waals surface area contributed by atoms with Gasteiger partial charge in [0.15, 0.2) is 0 Å². The van der Waals surface area contributed by atoms with E-state index in [-0.39, 0.29) is 24.8 Å². The van der Waals surface area contributed by atoms with Gasteiger partial charge in [0.25, 0.3) is 5.69 Å². The Morgan fingerprint density at radius 1 is 1.53 bits per heavy atom. The smallest absolute Gasteiger partial charge is 0.343 e. The fourth-order valence-corrected chi connectivity index (χ4v) is 1.73. The molecule has 1 rings (SSSR count). The lowest BCUT2D eigenvalue weighted by Crippen LogP contribution is -2.31. The van der Waals surface area contributed by atoms with E-state index in [1.807, 2.05) is 6.92 Å². The largest absolute Gasteiger partial charge is 0.477 e. The molecule has 0 spiro atoms. The van der Waals surface area contributed by atoms with Crippen LogP contribution in [0.25, 0.3) is 0 Å². The standard InChI is InChI=1S/C12H16N2O5/c1-2-9(7-15)13-6-8-4-3-5-10(14(18)19)11(8)12(16)17/h3-5,9,13,15H,2,6-7H2,1H3,(H,16,17). The molecular formula is C12H16N2O5. The molecule has 0 aliphatic rings. The third kappa shape index (κ3) is 3.73. The van der Waals surface area contributed by atoms with Crippen molar-refractivity contribution in [1.82, 2.24) is 5.32 Å². The highest BCUT2D eigenvalue weighted by Gasteiger charge is 2.23. The third-order valence-corrected chi connectivity index (χ3v) is 2.83. The van der Waals surface area contributed by atoms with E-state index in [4.69, 9.17) is 10.2 Å². The molecule has 0 aliphatic heterocycles. The number of hydrogen-bond donors (Lipinski definition) is 3. The number of carbonyl (C=O) groups is 1. The van der Waals surface area contributed by atoms with Gasteiger partial charge in [0.2, 0.25) is 0 Å². The topological polar surface area (TPSA) is 113 Å². The highest BCUT2D eigenvalue weighted by atomic mass is 16.6. The van der Waals surface area contributed by atoms with Gasteiger partial charge in [0.1, 0.15) is 5.56 Å². The lowest BCUT2D eigenvalue weighted by atomic mass is 10.0. The third-order valence-electron chi connectivity index (χ3n) is 2.83. The van der Waals surface area contributed by atoms with E-state index in [0.29, 0.717) is 12.0 Å². The van der Waals surface area contributed by atoms with Gasteiger partial charge in [-0.2, -0.15) is 0 Å². The molecule has 0 bridgehead atoms. The minimum Gasteiger partial charge on any atom is -0.477 e. The first kappa shape index (κ1) is 15.1. The average Bonchev–Trinajstić information content (AvgIpc) is 2.39. The van der Waals surface area contributed by atoms with E-state index in [0.717, 1.165) is 6.07 Å². The molecule has 0 heterocycles. The van der Waals surface area contributed by atoms with Crippen molar-refractivity contribution in [2.75, 3.05) is 6.61 Å². The predicted molar refractivity (Wildman–Crippen MR) is 68.1 cm³/mol. The molecule has 0 radical (unpaired) electrons. The summed E-state index contributed by atoms with van der Waals surface area (Å²) in [4.78, 5) is 21.2. The molecule has 1 atom stereocenters. The Bertz CT molecular complexity index is 471. The summed E-state index contributed by atoms with van der Waals surface area (Å²) in [5.74, 6) is -1.33. The van der Waals surface area contributed by atoms with Crippen LogP contribution in [-0.4, -0.2) is 33.8 Å². The Hall–Kier alpha value is -1.99. The fourth-order valence-electron chi connectivity index (χ4n) is 1.73. The molecule has 1 aromatic rings. The van der Waals surface area contributed by atoms with Crippen molar-refractivity contribution in [1.29, 1.82) is 0 Å². The van der Waals surface area contributed by atoms with Crippen LogP contribution in [0.4, 0.5) is 5.69 Å². The van der Waals surface area contributed by atoms with Crippen LogP contribution in [0.5, 0.6) is 0 Å². The van der Waals surface area contributed by atoms with Crippen LogP contribution >= 0.6 is 0 Å². The van der Waals surface area contributed by atoms with E-state index < -0.39 is 16.6 Å². The summed E-state index contributed by atoms with van der Waals surface area (Å²) in [6, 6.07) is 3.96. The van der Waals surface area contributed by atoms with Gasteiger partial charge in [-0.15, -0.1) is 0 Å².